The van der Waals surface area contributed by atoms with E-state index in [0.717, 1.165) is 18.2 Å². The van der Waals surface area contributed by atoms with Crippen molar-refractivity contribution in [2.24, 2.45) is 0 Å². The molecule has 0 aliphatic heterocycles. The minimum Gasteiger partial charge on any atom is -0.467 e. The van der Waals surface area contributed by atoms with Gasteiger partial charge >= 0.3 is 0 Å². The summed E-state index contributed by atoms with van der Waals surface area (Å²) in [6, 6.07) is 6.59. The van der Waals surface area contributed by atoms with Crippen LogP contribution in [0.15, 0.2) is 41.0 Å². The van der Waals surface area contributed by atoms with Gasteiger partial charge in [0, 0.05) is 6.54 Å². The van der Waals surface area contributed by atoms with Gasteiger partial charge in [-0.3, -0.25) is 0 Å². The van der Waals surface area contributed by atoms with E-state index in [-0.39, 0.29) is 25.4 Å². The summed E-state index contributed by atoms with van der Waals surface area (Å²) in [6.07, 6.45) is 0.691. The molecule has 0 radical (unpaired) electrons. The number of nitrogens with one attached hydrogen (secondary N) is 1. The third-order valence-corrected chi connectivity index (χ3v) is 2.59. The molecule has 1 atom stereocenters. The number of hydrogen-bond acceptors (Lipinski definition) is 4. The molecule has 0 amide bonds. The van der Waals surface area contributed by atoms with Gasteiger partial charge < -0.3 is 19.6 Å². The highest BCUT2D eigenvalue weighted by Crippen LogP contribution is 2.15. The van der Waals surface area contributed by atoms with Gasteiger partial charge in [-0.1, -0.05) is 0 Å². The molecule has 1 aromatic heterocycles. The lowest BCUT2D eigenvalue weighted by Gasteiger charge is -2.13. The van der Waals surface area contributed by atoms with E-state index in [1.807, 2.05) is 0 Å². The van der Waals surface area contributed by atoms with E-state index in [9.17, 15) is 13.9 Å². The Morgan fingerprint density at radius 2 is 2.15 bits per heavy atom. The highest BCUT2D eigenvalue weighted by Gasteiger charge is 2.08. The molecule has 0 fully saturated rings. The Hall–Kier alpha value is -1.92. The Kier molecular flexibility index (Phi) is 5.09. The van der Waals surface area contributed by atoms with Gasteiger partial charge in [-0.05, 0) is 30.3 Å². The smallest absolute Gasteiger partial charge is 0.146 e. The number of hydrogen-bond donors (Lipinski definition) is 2. The summed E-state index contributed by atoms with van der Waals surface area (Å²) in [5, 5.41) is 12.3. The van der Waals surface area contributed by atoms with Crippen LogP contribution in [0.25, 0.3) is 0 Å². The van der Waals surface area contributed by atoms with E-state index in [0.29, 0.717) is 5.76 Å². The molecule has 108 valence electrons. The lowest BCUT2D eigenvalue weighted by Crippen LogP contribution is -2.25. The zero-order valence-electron chi connectivity index (χ0n) is 10.7. The van der Waals surface area contributed by atoms with E-state index in [2.05, 4.69) is 5.32 Å². The van der Waals surface area contributed by atoms with Crippen LogP contribution in [0.1, 0.15) is 5.76 Å². The van der Waals surface area contributed by atoms with Gasteiger partial charge in [0.1, 0.15) is 24.0 Å². The van der Waals surface area contributed by atoms with Crippen LogP contribution in [-0.4, -0.2) is 24.4 Å². The number of rotatable bonds is 7. The Morgan fingerprint density at radius 3 is 2.90 bits per heavy atom. The predicted molar refractivity (Wildman–Crippen MR) is 69.2 cm³/mol. The molecule has 2 N–H and O–H groups in total. The van der Waals surface area contributed by atoms with Gasteiger partial charge in [0.2, 0.25) is 0 Å². The highest BCUT2D eigenvalue weighted by molar-refractivity contribution is 5.44. The Balaban J connectivity index is 1.71. The van der Waals surface area contributed by atoms with E-state index >= 15 is 0 Å². The number of ether oxygens (including phenoxy) is 1. The first-order chi connectivity index (χ1) is 9.65. The molecule has 20 heavy (non-hydrogen) atoms. The van der Waals surface area contributed by atoms with Crippen LogP contribution in [0.2, 0.25) is 0 Å². The summed E-state index contributed by atoms with van der Waals surface area (Å²) in [4.78, 5) is 0. The molecule has 1 unspecified atom stereocenters. The lowest BCUT2D eigenvalue weighted by atomic mass is 10.2. The highest BCUT2D eigenvalue weighted by atomic mass is 19.1. The molecule has 0 saturated heterocycles. The number of furan rings is 1. The van der Waals surface area contributed by atoms with Crippen LogP contribution < -0.4 is 5.32 Å². The van der Waals surface area contributed by atoms with Crippen LogP contribution in [0.5, 0.6) is 0 Å². The van der Waals surface area contributed by atoms with Gasteiger partial charge in [-0.2, -0.15) is 0 Å². The van der Waals surface area contributed by atoms with E-state index in [1.54, 1.807) is 12.1 Å². The standard InChI is InChI=1S/C14H15F2NO3/c15-10-3-4-13(16)14(6-10)17-7-11(18)8-19-9-12-2-1-5-20-12/h1-6,11,17-18H,7-9H2. The number of aliphatic hydroxyl groups is 1. The molecule has 2 aromatic rings. The second kappa shape index (κ2) is 7.02. The molecule has 1 aromatic carbocycles. The fraction of sp³-hybridized carbons (Fsp3) is 0.286. The van der Waals surface area contributed by atoms with Crippen molar-refractivity contribution in [2.75, 3.05) is 18.5 Å². The van der Waals surface area contributed by atoms with Crippen LogP contribution >= 0.6 is 0 Å². The van der Waals surface area contributed by atoms with Gasteiger partial charge in [-0.25, -0.2) is 8.78 Å². The van der Waals surface area contributed by atoms with Crippen LogP contribution in [-0.2, 0) is 11.3 Å². The van der Waals surface area contributed by atoms with Crippen molar-refractivity contribution in [3.05, 3.63) is 54.0 Å². The molecule has 6 heteroatoms. The molecule has 0 spiro atoms. The first-order valence-electron chi connectivity index (χ1n) is 6.12. The third-order valence-electron chi connectivity index (χ3n) is 2.59. The Bertz CT molecular complexity index is 531. The Labute approximate surface area is 115 Å². The molecule has 4 nitrogen and oxygen atoms in total. The van der Waals surface area contributed by atoms with Gasteiger partial charge in [0.15, 0.2) is 0 Å². The lowest BCUT2D eigenvalue weighted by molar-refractivity contribution is 0.0282. The maximum Gasteiger partial charge on any atom is 0.146 e. The maximum absolute atomic E-state index is 13.3. The van der Waals surface area contributed by atoms with Crippen LogP contribution in [0, 0.1) is 11.6 Å². The average molecular weight is 283 g/mol. The quantitative estimate of drug-likeness (QED) is 0.820. The van der Waals surface area contributed by atoms with Gasteiger partial charge in [0.05, 0.1) is 24.7 Å². The van der Waals surface area contributed by atoms with Crippen LogP contribution in [0.4, 0.5) is 14.5 Å². The van der Waals surface area contributed by atoms with Crippen molar-refractivity contribution in [3.63, 3.8) is 0 Å². The number of aliphatic hydroxyl groups excluding tert-OH is 1. The molecule has 0 saturated carbocycles. The first-order valence-corrected chi connectivity index (χ1v) is 6.12. The minimum atomic E-state index is -0.840. The molecular formula is C14H15F2NO3. The molecule has 2 rings (SSSR count). The zero-order chi connectivity index (χ0) is 14.4. The van der Waals surface area contributed by atoms with E-state index < -0.39 is 17.7 Å². The zero-order valence-corrected chi connectivity index (χ0v) is 10.7. The molecule has 1 heterocycles. The largest absolute Gasteiger partial charge is 0.467 e. The molecule has 0 aliphatic rings. The Morgan fingerprint density at radius 1 is 1.30 bits per heavy atom. The molecule has 0 bridgehead atoms. The van der Waals surface area contributed by atoms with Crippen LogP contribution in [0.3, 0.4) is 0 Å². The van der Waals surface area contributed by atoms with Crippen molar-refractivity contribution in [1.82, 2.24) is 0 Å². The monoisotopic (exact) mass is 283 g/mol. The van der Waals surface area contributed by atoms with Crippen molar-refractivity contribution < 1.29 is 23.0 Å². The molecular weight excluding hydrogens is 268 g/mol. The maximum atomic E-state index is 13.3. The van der Waals surface area contributed by atoms with Crippen molar-refractivity contribution in [3.8, 4) is 0 Å². The summed E-state index contributed by atoms with van der Waals surface area (Å²) in [6.45, 7) is 0.363. The number of halogens is 2. The van der Waals surface area contributed by atoms with Crippen molar-refractivity contribution in [2.45, 2.75) is 12.7 Å². The third kappa shape index (κ3) is 4.32. The first kappa shape index (κ1) is 14.5. The van der Waals surface area contributed by atoms with Gasteiger partial charge in [-0.15, -0.1) is 0 Å². The minimum absolute atomic E-state index is 0.00934. The SMILES string of the molecule is OC(CNc1cc(F)ccc1F)COCc1ccco1. The van der Waals surface area contributed by atoms with Crippen molar-refractivity contribution in [1.29, 1.82) is 0 Å². The summed E-state index contributed by atoms with van der Waals surface area (Å²) in [5.74, 6) is -0.464. The summed E-state index contributed by atoms with van der Waals surface area (Å²) >= 11 is 0. The summed E-state index contributed by atoms with van der Waals surface area (Å²) in [7, 11) is 0. The van der Waals surface area contributed by atoms with E-state index in [4.69, 9.17) is 9.15 Å². The topological polar surface area (TPSA) is 54.6 Å². The fourth-order valence-corrected chi connectivity index (χ4v) is 1.61. The second-order valence-corrected chi connectivity index (χ2v) is 4.25. The van der Waals surface area contributed by atoms with Gasteiger partial charge in [0.25, 0.3) is 0 Å². The van der Waals surface area contributed by atoms with E-state index in [1.165, 1.54) is 6.26 Å². The summed E-state index contributed by atoms with van der Waals surface area (Å²) < 4.78 is 36.5. The predicted octanol–water partition coefficient (Wildman–Crippen LogP) is 2.55. The average Bonchev–Trinajstić information content (AvgIpc) is 2.93. The van der Waals surface area contributed by atoms with Crippen molar-refractivity contribution >= 4 is 5.69 Å². The number of benzene rings is 1. The second-order valence-electron chi connectivity index (χ2n) is 4.25. The molecule has 0 aliphatic carbocycles. The normalized spacial score (nSPS) is 12.3. The fourth-order valence-electron chi connectivity index (χ4n) is 1.61. The summed E-state index contributed by atoms with van der Waals surface area (Å²) in [5.41, 5.74) is 0.00934. The number of anilines is 1.